The predicted octanol–water partition coefficient (Wildman–Crippen LogP) is 0.485. The summed E-state index contributed by atoms with van der Waals surface area (Å²) in [6, 6.07) is 0. The van der Waals surface area contributed by atoms with E-state index in [9.17, 15) is 4.79 Å². The SMILES string of the molecule is NC1(C(=O)NOC2CCCC2)CCOCC1. The quantitative estimate of drug-likeness (QED) is 0.689. The molecule has 0 atom stereocenters. The van der Waals surface area contributed by atoms with Crippen molar-refractivity contribution in [1.29, 1.82) is 0 Å². The molecule has 0 spiro atoms. The Hall–Kier alpha value is -0.650. The van der Waals surface area contributed by atoms with Crippen molar-refractivity contribution in [2.75, 3.05) is 13.2 Å². The number of rotatable bonds is 3. The highest BCUT2D eigenvalue weighted by molar-refractivity contribution is 5.85. The molecule has 0 unspecified atom stereocenters. The van der Waals surface area contributed by atoms with Gasteiger partial charge in [-0.3, -0.25) is 9.63 Å². The van der Waals surface area contributed by atoms with Gasteiger partial charge in [0.25, 0.3) is 5.91 Å². The second kappa shape index (κ2) is 5.12. The van der Waals surface area contributed by atoms with E-state index in [2.05, 4.69) is 5.48 Å². The molecule has 1 heterocycles. The van der Waals surface area contributed by atoms with Crippen LogP contribution in [0.3, 0.4) is 0 Å². The Balaban J connectivity index is 1.77. The fourth-order valence-corrected chi connectivity index (χ4v) is 2.21. The van der Waals surface area contributed by atoms with Crippen molar-refractivity contribution in [1.82, 2.24) is 5.48 Å². The van der Waals surface area contributed by atoms with Gasteiger partial charge in [-0.1, -0.05) is 12.8 Å². The topological polar surface area (TPSA) is 73.6 Å². The van der Waals surface area contributed by atoms with Crippen LogP contribution in [0.25, 0.3) is 0 Å². The Morgan fingerprint density at radius 2 is 1.94 bits per heavy atom. The van der Waals surface area contributed by atoms with Crippen LogP contribution in [0.15, 0.2) is 0 Å². The summed E-state index contributed by atoms with van der Waals surface area (Å²) in [6.07, 6.45) is 5.72. The number of nitrogens with two attached hydrogens (primary N) is 1. The minimum Gasteiger partial charge on any atom is -0.381 e. The Labute approximate surface area is 95.6 Å². The fourth-order valence-electron chi connectivity index (χ4n) is 2.21. The second-order valence-electron chi connectivity index (χ2n) is 4.72. The average Bonchev–Trinajstić information content (AvgIpc) is 2.79. The van der Waals surface area contributed by atoms with E-state index in [4.69, 9.17) is 15.3 Å². The smallest absolute Gasteiger partial charge is 0.263 e. The molecule has 0 aromatic rings. The summed E-state index contributed by atoms with van der Waals surface area (Å²) < 4.78 is 5.19. The van der Waals surface area contributed by atoms with Gasteiger partial charge < -0.3 is 10.5 Å². The molecule has 92 valence electrons. The monoisotopic (exact) mass is 228 g/mol. The molecule has 5 nitrogen and oxygen atoms in total. The molecule has 0 aromatic heterocycles. The number of ether oxygens (including phenoxy) is 1. The Morgan fingerprint density at radius 1 is 1.31 bits per heavy atom. The van der Waals surface area contributed by atoms with Gasteiger partial charge in [0.1, 0.15) is 5.54 Å². The highest BCUT2D eigenvalue weighted by Gasteiger charge is 2.36. The van der Waals surface area contributed by atoms with Gasteiger partial charge in [-0.05, 0) is 25.7 Å². The van der Waals surface area contributed by atoms with Gasteiger partial charge in [0, 0.05) is 13.2 Å². The maximum atomic E-state index is 11.9. The number of hydroxylamine groups is 1. The van der Waals surface area contributed by atoms with Crippen LogP contribution in [0, 0.1) is 0 Å². The zero-order valence-corrected chi connectivity index (χ0v) is 9.54. The Kier molecular flexibility index (Phi) is 3.78. The summed E-state index contributed by atoms with van der Waals surface area (Å²) in [7, 11) is 0. The van der Waals surface area contributed by atoms with Crippen LogP contribution in [0.5, 0.6) is 0 Å². The van der Waals surface area contributed by atoms with Gasteiger partial charge in [-0.25, -0.2) is 5.48 Å². The minimum absolute atomic E-state index is 0.174. The van der Waals surface area contributed by atoms with Gasteiger partial charge in [-0.15, -0.1) is 0 Å². The number of amides is 1. The summed E-state index contributed by atoms with van der Waals surface area (Å²) >= 11 is 0. The maximum Gasteiger partial charge on any atom is 0.263 e. The van der Waals surface area contributed by atoms with Gasteiger partial charge >= 0.3 is 0 Å². The minimum atomic E-state index is -0.809. The van der Waals surface area contributed by atoms with Crippen molar-refractivity contribution in [3.8, 4) is 0 Å². The first-order valence-corrected chi connectivity index (χ1v) is 6.03. The third kappa shape index (κ3) is 2.72. The first-order valence-electron chi connectivity index (χ1n) is 6.03. The standard InChI is InChI=1S/C11H20N2O3/c12-11(5-7-15-8-6-11)10(14)13-16-9-3-1-2-4-9/h9H,1-8,12H2,(H,13,14). The van der Waals surface area contributed by atoms with Crippen LogP contribution in [0.4, 0.5) is 0 Å². The first-order chi connectivity index (χ1) is 7.71. The third-order valence-corrected chi connectivity index (χ3v) is 3.46. The number of carbonyl (C=O) groups excluding carboxylic acids is 1. The molecule has 1 saturated carbocycles. The lowest BCUT2D eigenvalue weighted by Crippen LogP contribution is -2.57. The van der Waals surface area contributed by atoms with Crippen molar-refractivity contribution in [3.05, 3.63) is 0 Å². The molecular formula is C11H20N2O3. The summed E-state index contributed by atoms with van der Waals surface area (Å²) in [4.78, 5) is 17.2. The van der Waals surface area contributed by atoms with E-state index in [1.54, 1.807) is 0 Å². The van der Waals surface area contributed by atoms with Crippen molar-refractivity contribution in [2.24, 2.45) is 5.73 Å². The van der Waals surface area contributed by atoms with E-state index >= 15 is 0 Å². The molecule has 0 bridgehead atoms. The number of hydrogen-bond acceptors (Lipinski definition) is 4. The third-order valence-electron chi connectivity index (χ3n) is 3.46. The van der Waals surface area contributed by atoms with E-state index < -0.39 is 5.54 Å². The van der Waals surface area contributed by atoms with Gasteiger partial charge in [-0.2, -0.15) is 0 Å². The zero-order valence-electron chi connectivity index (χ0n) is 9.54. The molecular weight excluding hydrogens is 208 g/mol. The summed E-state index contributed by atoms with van der Waals surface area (Å²) in [5.41, 5.74) is 7.72. The number of nitrogens with one attached hydrogen (secondary N) is 1. The van der Waals surface area contributed by atoms with Gasteiger partial charge in [0.2, 0.25) is 0 Å². The lowest BCUT2D eigenvalue weighted by Gasteiger charge is -2.31. The van der Waals surface area contributed by atoms with Gasteiger partial charge in [0.15, 0.2) is 0 Å². The Bertz CT molecular complexity index is 246. The lowest BCUT2D eigenvalue weighted by atomic mass is 9.91. The zero-order chi connectivity index (χ0) is 11.4. The largest absolute Gasteiger partial charge is 0.381 e. The highest BCUT2D eigenvalue weighted by atomic mass is 16.7. The lowest BCUT2D eigenvalue weighted by molar-refractivity contribution is -0.147. The summed E-state index contributed by atoms with van der Waals surface area (Å²) in [5.74, 6) is -0.206. The molecule has 1 aliphatic heterocycles. The van der Waals surface area contributed by atoms with Crippen LogP contribution in [0.1, 0.15) is 38.5 Å². The molecule has 2 rings (SSSR count). The fraction of sp³-hybridized carbons (Fsp3) is 0.909. The molecule has 1 amide bonds. The number of hydrogen-bond donors (Lipinski definition) is 2. The molecule has 1 saturated heterocycles. The predicted molar refractivity (Wildman–Crippen MR) is 58.5 cm³/mol. The van der Waals surface area contributed by atoms with Crippen LogP contribution in [-0.2, 0) is 14.4 Å². The molecule has 16 heavy (non-hydrogen) atoms. The maximum absolute atomic E-state index is 11.9. The average molecular weight is 228 g/mol. The van der Waals surface area contributed by atoms with Gasteiger partial charge in [0.05, 0.1) is 6.10 Å². The van der Waals surface area contributed by atoms with Crippen molar-refractivity contribution < 1.29 is 14.4 Å². The first kappa shape index (κ1) is 11.8. The van der Waals surface area contributed by atoms with E-state index in [1.165, 1.54) is 12.8 Å². The highest BCUT2D eigenvalue weighted by Crippen LogP contribution is 2.21. The van der Waals surface area contributed by atoms with Crippen LogP contribution >= 0.6 is 0 Å². The molecule has 3 N–H and O–H groups in total. The van der Waals surface area contributed by atoms with E-state index in [0.717, 1.165) is 12.8 Å². The second-order valence-corrected chi connectivity index (χ2v) is 4.72. The van der Waals surface area contributed by atoms with E-state index in [1.807, 2.05) is 0 Å². The van der Waals surface area contributed by atoms with Crippen molar-refractivity contribution >= 4 is 5.91 Å². The normalized spacial score (nSPS) is 25.6. The van der Waals surface area contributed by atoms with E-state index in [0.29, 0.717) is 26.1 Å². The molecule has 1 aliphatic carbocycles. The summed E-state index contributed by atoms with van der Waals surface area (Å²) in [6.45, 7) is 1.10. The molecule has 5 heteroatoms. The van der Waals surface area contributed by atoms with Crippen LogP contribution in [-0.4, -0.2) is 30.8 Å². The van der Waals surface area contributed by atoms with Crippen LogP contribution < -0.4 is 11.2 Å². The van der Waals surface area contributed by atoms with Crippen molar-refractivity contribution in [2.45, 2.75) is 50.2 Å². The van der Waals surface area contributed by atoms with Crippen molar-refractivity contribution in [3.63, 3.8) is 0 Å². The van der Waals surface area contributed by atoms with E-state index in [-0.39, 0.29) is 12.0 Å². The number of carbonyl (C=O) groups is 1. The molecule has 0 radical (unpaired) electrons. The molecule has 0 aromatic carbocycles. The van der Waals surface area contributed by atoms with Crippen LogP contribution in [0.2, 0.25) is 0 Å². The molecule has 2 aliphatic rings. The molecule has 2 fully saturated rings. The summed E-state index contributed by atoms with van der Waals surface area (Å²) in [5, 5.41) is 0. The Morgan fingerprint density at radius 3 is 2.56 bits per heavy atom.